The highest BCUT2D eigenvalue weighted by atomic mass is 35.5. The van der Waals surface area contributed by atoms with Gasteiger partial charge in [-0.25, -0.2) is 8.42 Å². The second kappa shape index (κ2) is 14.6. The number of rotatable bonds is 11. The maximum atomic E-state index is 14.2. The molecule has 0 spiro atoms. The molecule has 4 rings (SSSR count). The Balaban J connectivity index is 1.71. The van der Waals surface area contributed by atoms with Crippen molar-refractivity contribution in [3.05, 3.63) is 93.4 Å². The largest absolute Gasteiger partial charge is 0.352 e. The number of sulfonamides is 1. The summed E-state index contributed by atoms with van der Waals surface area (Å²) in [5, 5.41) is 4.26. The fraction of sp³-hybridized carbons (Fsp3) is 0.355. The molecule has 1 saturated carbocycles. The summed E-state index contributed by atoms with van der Waals surface area (Å²) in [5.41, 5.74) is 0.856. The maximum Gasteiger partial charge on any atom is 0.264 e. The second-order valence-electron chi connectivity index (χ2n) is 10.3. The van der Waals surface area contributed by atoms with Crippen molar-refractivity contribution >= 4 is 62.3 Å². The average molecular weight is 651 g/mol. The Hall–Kier alpha value is -2.78. The average Bonchev–Trinajstić information content (AvgIpc) is 2.97. The summed E-state index contributed by atoms with van der Waals surface area (Å²) in [6, 6.07) is 18.3. The quantitative estimate of drug-likeness (QED) is 0.240. The predicted octanol–water partition coefficient (Wildman–Crippen LogP) is 7.10. The van der Waals surface area contributed by atoms with Crippen molar-refractivity contribution in [3.8, 4) is 0 Å². The van der Waals surface area contributed by atoms with Gasteiger partial charge in [0.25, 0.3) is 10.0 Å². The molecule has 1 atom stereocenters. The number of carbonyl (C=O) groups is 2. The maximum absolute atomic E-state index is 14.2. The number of benzene rings is 3. The highest BCUT2D eigenvalue weighted by molar-refractivity contribution is 7.92. The number of nitrogens with zero attached hydrogens (tertiary/aromatic N) is 2. The summed E-state index contributed by atoms with van der Waals surface area (Å²) < 4.78 is 28.9. The van der Waals surface area contributed by atoms with Crippen molar-refractivity contribution < 1.29 is 18.0 Å². The molecular weight excluding hydrogens is 617 g/mol. The monoisotopic (exact) mass is 649 g/mol. The van der Waals surface area contributed by atoms with Crippen LogP contribution in [0.25, 0.3) is 0 Å². The van der Waals surface area contributed by atoms with E-state index in [4.69, 9.17) is 34.8 Å². The minimum atomic E-state index is -4.23. The highest BCUT2D eigenvalue weighted by Crippen LogP contribution is 2.28. The van der Waals surface area contributed by atoms with Crippen LogP contribution in [0.1, 0.15) is 51.0 Å². The molecule has 0 aliphatic heterocycles. The molecule has 0 unspecified atom stereocenters. The molecule has 3 aromatic carbocycles. The normalized spacial score (nSPS) is 14.7. The molecule has 3 aromatic rings. The van der Waals surface area contributed by atoms with E-state index >= 15 is 0 Å². The van der Waals surface area contributed by atoms with E-state index < -0.39 is 28.5 Å². The van der Waals surface area contributed by atoms with E-state index in [1.54, 1.807) is 42.5 Å². The smallest absolute Gasteiger partial charge is 0.264 e. The SMILES string of the molecule is CC[C@H](C(=O)NC1CCCCC1)N(Cc1ccccc1Cl)C(=O)CN(c1cccc(Cl)c1)S(=O)(=O)c1ccc(Cl)cc1. The van der Waals surface area contributed by atoms with Crippen molar-refractivity contribution in [1.29, 1.82) is 0 Å². The summed E-state index contributed by atoms with van der Waals surface area (Å²) in [6.45, 7) is 1.29. The molecule has 42 heavy (non-hydrogen) atoms. The second-order valence-corrected chi connectivity index (χ2v) is 13.5. The molecular formula is C31H34Cl3N3O4S. The lowest BCUT2D eigenvalue weighted by atomic mass is 9.95. The van der Waals surface area contributed by atoms with E-state index in [9.17, 15) is 18.0 Å². The topological polar surface area (TPSA) is 86.8 Å². The zero-order valence-corrected chi connectivity index (χ0v) is 26.4. The molecule has 11 heteroatoms. The number of halogens is 3. The van der Waals surface area contributed by atoms with Gasteiger partial charge < -0.3 is 10.2 Å². The van der Waals surface area contributed by atoms with E-state index in [2.05, 4.69) is 5.32 Å². The Labute approximate surface area is 262 Å². The first-order chi connectivity index (χ1) is 20.1. The Bertz CT molecular complexity index is 1500. The van der Waals surface area contributed by atoms with Crippen LogP contribution in [-0.4, -0.2) is 43.8 Å². The molecule has 7 nitrogen and oxygen atoms in total. The van der Waals surface area contributed by atoms with Crippen molar-refractivity contribution in [2.75, 3.05) is 10.8 Å². The van der Waals surface area contributed by atoms with Gasteiger partial charge in [-0.1, -0.05) is 85.3 Å². The third-order valence-electron chi connectivity index (χ3n) is 7.41. The van der Waals surface area contributed by atoms with Gasteiger partial charge in [-0.15, -0.1) is 0 Å². The van der Waals surface area contributed by atoms with E-state index in [0.29, 0.717) is 27.1 Å². The summed E-state index contributed by atoms with van der Waals surface area (Å²) in [4.78, 5) is 29.2. The zero-order chi connectivity index (χ0) is 30.3. The first-order valence-electron chi connectivity index (χ1n) is 14.0. The summed E-state index contributed by atoms with van der Waals surface area (Å²) in [7, 11) is -4.23. The summed E-state index contributed by atoms with van der Waals surface area (Å²) >= 11 is 18.7. The molecule has 1 fully saturated rings. The number of hydrogen-bond acceptors (Lipinski definition) is 4. The minimum absolute atomic E-state index is 0.0273. The van der Waals surface area contributed by atoms with Gasteiger partial charge in [0.1, 0.15) is 12.6 Å². The molecule has 1 N–H and O–H groups in total. The Morgan fingerprint density at radius 2 is 1.60 bits per heavy atom. The van der Waals surface area contributed by atoms with E-state index in [1.165, 1.54) is 35.2 Å². The molecule has 0 aromatic heterocycles. The summed E-state index contributed by atoms with van der Waals surface area (Å²) in [6.07, 6.45) is 5.34. The molecule has 2 amide bonds. The van der Waals surface area contributed by atoms with Crippen molar-refractivity contribution in [2.24, 2.45) is 0 Å². The van der Waals surface area contributed by atoms with Crippen LogP contribution in [0.15, 0.2) is 77.7 Å². The first-order valence-corrected chi connectivity index (χ1v) is 16.5. The van der Waals surface area contributed by atoms with Gasteiger partial charge in [0.15, 0.2) is 0 Å². The number of carbonyl (C=O) groups excluding carboxylic acids is 2. The van der Waals surface area contributed by atoms with Gasteiger partial charge in [0.2, 0.25) is 11.8 Å². The van der Waals surface area contributed by atoms with Gasteiger partial charge in [-0.3, -0.25) is 13.9 Å². The lowest BCUT2D eigenvalue weighted by Gasteiger charge is -2.34. The van der Waals surface area contributed by atoms with Crippen LogP contribution in [0.2, 0.25) is 15.1 Å². The fourth-order valence-electron chi connectivity index (χ4n) is 5.17. The number of hydrogen-bond donors (Lipinski definition) is 1. The molecule has 0 saturated heterocycles. The van der Waals surface area contributed by atoms with E-state index in [0.717, 1.165) is 36.4 Å². The Morgan fingerprint density at radius 3 is 2.24 bits per heavy atom. The lowest BCUT2D eigenvalue weighted by Crippen LogP contribution is -2.54. The lowest BCUT2D eigenvalue weighted by molar-refractivity contribution is -0.140. The van der Waals surface area contributed by atoms with Crippen molar-refractivity contribution in [2.45, 2.75) is 69.0 Å². The Kier molecular flexibility index (Phi) is 11.2. The fourth-order valence-corrected chi connectivity index (χ4v) is 7.08. The minimum Gasteiger partial charge on any atom is -0.352 e. The molecule has 1 aliphatic carbocycles. The number of anilines is 1. The van der Waals surface area contributed by atoms with Gasteiger partial charge in [-0.05, 0) is 73.4 Å². The van der Waals surface area contributed by atoms with Crippen LogP contribution < -0.4 is 9.62 Å². The number of nitrogens with one attached hydrogen (secondary N) is 1. The predicted molar refractivity (Wildman–Crippen MR) is 169 cm³/mol. The van der Waals surface area contributed by atoms with Crippen molar-refractivity contribution in [3.63, 3.8) is 0 Å². The molecule has 0 radical (unpaired) electrons. The zero-order valence-electron chi connectivity index (χ0n) is 23.3. The summed E-state index contributed by atoms with van der Waals surface area (Å²) in [5.74, 6) is -0.822. The molecule has 224 valence electrons. The van der Waals surface area contributed by atoms with Gasteiger partial charge >= 0.3 is 0 Å². The Morgan fingerprint density at radius 1 is 0.905 bits per heavy atom. The van der Waals surface area contributed by atoms with Crippen LogP contribution >= 0.6 is 34.8 Å². The van der Waals surface area contributed by atoms with Crippen LogP contribution in [0.3, 0.4) is 0 Å². The van der Waals surface area contributed by atoms with Crippen LogP contribution in [0, 0.1) is 0 Å². The van der Waals surface area contributed by atoms with Gasteiger partial charge in [0, 0.05) is 27.7 Å². The van der Waals surface area contributed by atoms with Crippen LogP contribution in [0.4, 0.5) is 5.69 Å². The standard InChI is InChI=1S/C31H34Cl3N3O4S/c1-2-29(31(39)35-25-11-4-3-5-12-25)36(20-22-9-6-7-14-28(22)34)30(38)21-37(26-13-8-10-24(33)19-26)42(40,41)27-17-15-23(32)16-18-27/h6-10,13-19,25,29H,2-5,11-12,20-21H2,1H3,(H,35,39)/t29-/m1/s1. The third-order valence-corrected chi connectivity index (χ3v) is 10.1. The third kappa shape index (κ3) is 7.98. The van der Waals surface area contributed by atoms with Crippen molar-refractivity contribution in [1.82, 2.24) is 10.2 Å². The first kappa shape index (κ1) is 32.1. The van der Waals surface area contributed by atoms with Gasteiger partial charge in [-0.2, -0.15) is 0 Å². The van der Waals surface area contributed by atoms with E-state index in [-0.39, 0.29) is 29.1 Å². The molecule has 1 aliphatic rings. The highest BCUT2D eigenvalue weighted by Gasteiger charge is 2.34. The van der Waals surface area contributed by atoms with Crippen LogP contribution in [0.5, 0.6) is 0 Å². The molecule has 0 heterocycles. The van der Waals surface area contributed by atoms with Crippen LogP contribution in [-0.2, 0) is 26.2 Å². The number of amides is 2. The molecule has 0 bridgehead atoms. The van der Waals surface area contributed by atoms with E-state index in [1.807, 2.05) is 6.92 Å². The van der Waals surface area contributed by atoms with Gasteiger partial charge in [0.05, 0.1) is 10.6 Å².